The summed E-state index contributed by atoms with van der Waals surface area (Å²) in [5.74, 6) is -1.68. The van der Waals surface area contributed by atoms with Crippen molar-refractivity contribution in [2.45, 2.75) is 92.1 Å². The molecule has 41 heavy (non-hydrogen) atoms. The summed E-state index contributed by atoms with van der Waals surface area (Å²) >= 11 is 6.02. The minimum atomic E-state index is -4.27. The van der Waals surface area contributed by atoms with Crippen LogP contribution in [0.4, 0.5) is 13.6 Å². The first kappa shape index (κ1) is 28.8. The van der Waals surface area contributed by atoms with Crippen LogP contribution in [-0.2, 0) is 19.5 Å². The highest BCUT2D eigenvalue weighted by atomic mass is 35.5. The molecule has 0 spiro atoms. The van der Waals surface area contributed by atoms with E-state index >= 15 is 0 Å². The normalized spacial score (nSPS) is 31.2. The molecule has 2 bridgehead atoms. The number of carbonyl (C=O) groups is 1. The van der Waals surface area contributed by atoms with Crippen LogP contribution in [0.15, 0.2) is 47.4 Å². The van der Waals surface area contributed by atoms with E-state index in [2.05, 4.69) is 0 Å². The van der Waals surface area contributed by atoms with Gasteiger partial charge in [0.1, 0.15) is 17.2 Å². The Labute approximate surface area is 243 Å². The van der Waals surface area contributed by atoms with Crippen molar-refractivity contribution in [2.24, 2.45) is 0 Å². The molecule has 4 aliphatic rings. The topological polar surface area (TPSA) is 96.4 Å². The minimum Gasteiger partial charge on any atom is -0.441 e. The van der Waals surface area contributed by atoms with E-state index in [4.69, 9.17) is 21.1 Å². The Morgan fingerprint density at radius 1 is 1.07 bits per heavy atom. The molecular formula is C29H33ClF2N2O6S. The van der Waals surface area contributed by atoms with Gasteiger partial charge < -0.3 is 19.5 Å². The SMILES string of the molecule is CCC1(O)CC2CCC(C1)N2C(=O)OC1([C@H]2COC[C@@H](c3cc(F)cc(F)c3)N2S(=O)(=O)c2ccc(Cl)cc2)CC1. The quantitative estimate of drug-likeness (QED) is 0.484. The van der Waals surface area contributed by atoms with Crippen molar-refractivity contribution in [1.29, 1.82) is 0 Å². The highest BCUT2D eigenvalue weighted by molar-refractivity contribution is 7.89. The van der Waals surface area contributed by atoms with Gasteiger partial charge in [0, 0.05) is 23.2 Å². The van der Waals surface area contributed by atoms with E-state index in [1.165, 1.54) is 28.6 Å². The number of hydrogen-bond donors (Lipinski definition) is 1. The molecule has 2 unspecified atom stereocenters. The number of piperidine rings is 1. The van der Waals surface area contributed by atoms with Crippen LogP contribution in [0, 0.1) is 11.6 Å². The first-order valence-electron chi connectivity index (χ1n) is 14.0. The first-order chi connectivity index (χ1) is 19.4. The highest BCUT2D eigenvalue weighted by Gasteiger charge is 2.62. The molecule has 1 saturated carbocycles. The second-order valence-electron chi connectivity index (χ2n) is 11.8. The predicted octanol–water partition coefficient (Wildman–Crippen LogP) is 5.19. The van der Waals surface area contributed by atoms with Crippen LogP contribution in [0.5, 0.6) is 0 Å². The number of hydrogen-bond acceptors (Lipinski definition) is 6. The third kappa shape index (κ3) is 5.24. The van der Waals surface area contributed by atoms with E-state index < -0.39 is 51.0 Å². The average molecular weight is 611 g/mol. The molecule has 0 aromatic heterocycles. The van der Waals surface area contributed by atoms with Crippen LogP contribution in [0.25, 0.3) is 0 Å². The lowest BCUT2D eigenvalue weighted by atomic mass is 9.84. The number of amides is 1. The van der Waals surface area contributed by atoms with Gasteiger partial charge >= 0.3 is 6.09 Å². The minimum absolute atomic E-state index is 0.0503. The molecule has 1 N–H and O–H groups in total. The zero-order valence-electron chi connectivity index (χ0n) is 22.6. The molecular weight excluding hydrogens is 578 g/mol. The van der Waals surface area contributed by atoms with Crippen LogP contribution in [-0.4, -0.2) is 71.4 Å². The number of rotatable bonds is 6. The molecule has 8 nitrogen and oxygen atoms in total. The lowest BCUT2D eigenvalue weighted by Gasteiger charge is -2.46. The summed E-state index contributed by atoms with van der Waals surface area (Å²) in [4.78, 5) is 15.3. The fourth-order valence-electron chi connectivity index (χ4n) is 6.88. The molecule has 3 aliphatic heterocycles. The van der Waals surface area contributed by atoms with Crippen molar-refractivity contribution in [3.05, 3.63) is 64.7 Å². The summed E-state index contributed by atoms with van der Waals surface area (Å²) < 4.78 is 70.2. The van der Waals surface area contributed by atoms with Gasteiger partial charge in [-0.1, -0.05) is 18.5 Å². The van der Waals surface area contributed by atoms with E-state index in [1.54, 1.807) is 4.90 Å². The van der Waals surface area contributed by atoms with Crippen LogP contribution >= 0.6 is 11.6 Å². The van der Waals surface area contributed by atoms with Crippen molar-refractivity contribution in [3.8, 4) is 0 Å². The lowest BCUT2D eigenvalue weighted by Crippen LogP contribution is -2.59. The molecule has 4 fully saturated rings. The van der Waals surface area contributed by atoms with Gasteiger partial charge in [0.25, 0.3) is 0 Å². The van der Waals surface area contributed by atoms with Gasteiger partial charge in [-0.15, -0.1) is 0 Å². The Kier molecular flexibility index (Phi) is 7.34. The Bertz CT molecular complexity index is 1400. The van der Waals surface area contributed by atoms with Crippen LogP contribution < -0.4 is 0 Å². The number of fused-ring (bicyclic) bond motifs is 2. The zero-order valence-corrected chi connectivity index (χ0v) is 24.2. The largest absolute Gasteiger partial charge is 0.441 e. The van der Waals surface area contributed by atoms with Gasteiger partial charge in [-0.3, -0.25) is 0 Å². The standard InChI is InChI=1S/C29H33ClF2N2O6S/c1-2-28(36)14-22-5-6-23(15-28)33(22)27(35)40-29(9-10-29)26-17-39-16-25(18-11-20(31)13-21(32)12-18)34(26)41(37,38)24-7-3-19(30)4-8-24/h3-4,7-8,11-13,22-23,25-26,36H,2,5-6,9-10,14-17H2,1H3/t22?,23?,25-,26+,28?/m0/s1. The van der Waals surface area contributed by atoms with Crippen molar-refractivity contribution < 1.29 is 36.6 Å². The molecule has 3 heterocycles. The Morgan fingerprint density at radius 3 is 2.24 bits per heavy atom. The number of halogens is 3. The second kappa shape index (κ2) is 10.4. The number of carbonyl (C=O) groups excluding carboxylic acids is 1. The number of nitrogens with zero attached hydrogens (tertiary/aromatic N) is 2. The smallest absolute Gasteiger partial charge is 0.410 e. The number of benzene rings is 2. The van der Waals surface area contributed by atoms with Crippen molar-refractivity contribution >= 4 is 27.7 Å². The van der Waals surface area contributed by atoms with Crippen LogP contribution in [0.3, 0.4) is 0 Å². The molecule has 2 aromatic carbocycles. The van der Waals surface area contributed by atoms with Crippen molar-refractivity contribution in [3.63, 3.8) is 0 Å². The molecule has 1 aliphatic carbocycles. The van der Waals surface area contributed by atoms with Crippen molar-refractivity contribution in [2.75, 3.05) is 13.2 Å². The predicted molar refractivity (Wildman–Crippen MR) is 146 cm³/mol. The molecule has 3 saturated heterocycles. The van der Waals surface area contributed by atoms with Gasteiger partial charge in [0.2, 0.25) is 10.0 Å². The maximum Gasteiger partial charge on any atom is 0.410 e. The molecule has 1 amide bonds. The summed E-state index contributed by atoms with van der Waals surface area (Å²) in [6.45, 7) is 1.74. The molecule has 12 heteroatoms. The number of morpholine rings is 1. The summed E-state index contributed by atoms with van der Waals surface area (Å²) in [7, 11) is -4.27. The van der Waals surface area contributed by atoms with E-state index in [-0.39, 0.29) is 35.8 Å². The molecule has 2 aromatic rings. The highest BCUT2D eigenvalue weighted by Crippen LogP contribution is 2.51. The van der Waals surface area contributed by atoms with Gasteiger partial charge in [-0.05, 0) is 86.9 Å². The fourth-order valence-corrected chi connectivity index (χ4v) is 8.83. The van der Waals surface area contributed by atoms with E-state index in [0.29, 0.717) is 37.1 Å². The van der Waals surface area contributed by atoms with Gasteiger partial charge in [-0.25, -0.2) is 22.0 Å². The number of aliphatic hydroxyl groups is 1. The zero-order chi connectivity index (χ0) is 29.2. The molecule has 6 rings (SSSR count). The summed E-state index contributed by atoms with van der Waals surface area (Å²) in [5.41, 5.74) is -1.88. The maximum atomic E-state index is 14.3. The molecule has 0 radical (unpaired) electrons. The van der Waals surface area contributed by atoms with Gasteiger partial charge in [0.15, 0.2) is 0 Å². The maximum absolute atomic E-state index is 14.3. The van der Waals surface area contributed by atoms with Gasteiger partial charge in [-0.2, -0.15) is 4.31 Å². The number of sulfonamides is 1. The van der Waals surface area contributed by atoms with Gasteiger partial charge in [0.05, 0.1) is 35.8 Å². The Balaban J connectivity index is 1.34. The van der Waals surface area contributed by atoms with Crippen molar-refractivity contribution in [1.82, 2.24) is 9.21 Å². The summed E-state index contributed by atoms with van der Waals surface area (Å²) in [6.07, 6.45) is 3.37. The third-order valence-corrected chi connectivity index (χ3v) is 11.4. The summed E-state index contributed by atoms with van der Waals surface area (Å²) in [6, 6.07) is 6.26. The van der Waals surface area contributed by atoms with Crippen LogP contribution in [0.2, 0.25) is 5.02 Å². The third-order valence-electron chi connectivity index (χ3n) is 9.19. The number of ether oxygens (including phenoxy) is 2. The van der Waals surface area contributed by atoms with Crippen LogP contribution in [0.1, 0.15) is 63.5 Å². The monoisotopic (exact) mass is 610 g/mol. The molecule has 4 atom stereocenters. The Morgan fingerprint density at radius 2 is 1.68 bits per heavy atom. The Hall–Kier alpha value is -2.31. The first-order valence-corrected chi connectivity index (χ1v) is 15.8. The second-order valence-corrected chi connectivity index (χ2v) is 14.1. The summed E-state index contributed by atoms with van der Waals surface area (Å²) in [5, 5.41) is 11.3. The van der Waals surface area contributed by atoms with E-state index in [1.807, 2.05) is 6.92 Å². The molecule has 222 valence electrons. The fraction of sp³-hybridized carbons (Fsp3) is 0.552. The van der Waals surface area contributed by atoms with E-state index in [9.17, 15) is 27.1 Å². The van der Waals surface area contributed by atoms with E-state index in [0.717, 1.165) is 31.0 Å². The average Bonchev–Trinajstić information content (AvgIpc) is 3.65. The lowest BCUT2D eigenvalue weighted by molar-refractivity contribution is -0.0861.